The van der Waals surface area contributed by atoms with Crippen molar-refractivity contribution in [2.24, 2.45) is 0 Å². The quantitative estimate of drug-likeness (QED) is 0.0632. The molecule has 0 saturated carbocycles. The Labute approximate surface area is 252 Å². The summed E-state index contributed by atoms with van der Waals surface area (Å²) in [5, 5.41) is 2.79. The second-order valence-corrected chi connectivity index (χ2v) is 7.71. The van der Waals surface area contributed by atoms with Crippen LogP contribution in [0.1, 0.15) is 30.3 Å². The predicted octanol–water partition coefficient (Wildman–Crippen LogP) is 5.88. The Bertz CT molecular complexity index is 1420. The van der Waals surface area contributed by atoms with Crippen molar-refractivity contribution in [3.05, 3.63) is 87.6 Å². The Balaban J connectivity index is 0.000000626. The van der Waals surface area contributed by atoms with Gasteiger partial charge < -0.3 is 10.3 Å². The molecule has 0 saturated heterocycles. The molecular weight excluding hydrogens is 707 g/mol. The summed E-state index contributed by atoms with van der Waals surface area (Å²) in [5.41, 5.74) is 11.2. The third-order valence-corrected chi connectivity index (χ3v) is 4.89. The van der Waals surface area contributed by atoms with Crippen LogP contribution in [0.2, 0.25) is 10.0 Å². The van der Waals surface area contributed by atoms with Crippen LogP contribution in [0.5, 0.6) is 0 Å². The van der Waals surface area contributed by atoms with Crippen LogP contribution in [-0.2, 0) is 62.6 Å². The van der Waals surface area contributed by atoms with Crippen LogP contribution >= 0.6 is 23.2 Å². The van der Waals surface area contributed by atoms with Gasteiger partial charge in [-0.25, -0.2) is 0 Å². The van der Waals surface area contributed by atoms with E-state index in [0.29, 0.717) is 22.2 Å². The second kappa shape index (κ2) is 18.0. The molecule has 2 aromatic heterocycles. The van der Waals surface area contributed by atoms with Crippen molar-refractivity contribution in [3.8, 4) is 0 Å². The first-order valence-corrected chi connectivity index (χ1v) is 11.3. The van der Waals surface area contributed by atoms with E-state index in [2.05, 4.69) is 14.8 Å². The molecule has 0 unspecified atom stereocenters. The Morgan fingerprint density at radius 3 is 2.05 bits per heavy atom. The third-order valence-electron chi connectivity index (χ3n) is 4.47. The zero-order valence-electron chi connectivity index (χ0n) is 18.5. The number of rotatable bonds is 5. The number of benzene rings is 2. The van der Waals surface area contributed by atoms with E-state index < -0.39 is 0 Å². The Morgan fingerprint density at radius 2 is 1.51 bits per heavy atom. The van der Waals surface area contributed by atoms with E-state index in [1.54, 1.807) is 64.6 Å². The molecule has 0 spiro atoms. The van der Waals surface area contributed by atoms with Crippen LogP contribution in [0.4, 0.5) is 0 Å². The predicted molar refractivity (Wildman–Crippen MR) is 135 cm³/mol. The van der Waals surface area contributed by atoms with Gasteiger partial charge >= 0.3 is 36.5 Å². The van der Waals surface area contributed by atoms with E-state index in [1.807, 2.05) is 24.3 Å². The van der Waals surface area contributed by atoms with E-state index in [4.69, 9.17) is 36.7 Å². The number of Topliss-reactive ketones (excluding diaryl/α,β-unsaturated/α-hetero) is 1. The second-order valence-electron chi connectivity index (χ2n) is 6.83. The number of pyridine rings is 2. The van der Waals surface area contributed by atoms with E-state index in [0.717, 1.165) is 33.6 Å². The van der Waals surface area contributed by atoms with Gasteiger partial charge in [-0.2, -0.15) is 4.79 Å². The molecule has 0 bridgehead atoms. The molecule has 2 aromatic carbocycles. The van der Waals surface area contributed by atoms with Crippen molar-refractivity contribution < 1.29 is 65.8 Å². The average Bonchev–Trinajstić information content (AvgIpc) is 2.85. The molecule has 0 amide bonds. The van der Waals surface area contributed by atoms with Crippen LogP contribution in [0.15, 0.2) is 60.9 Å². The van der Waals surface area contributed by atoms with E-state index in [9.17, 15) is 9.59 Å². The van der Waals surface area contributed by atoms with Gasteiger partial charge in [0.25, 0.3) is 5.78 Å². The van der Waals surface area contributed by atoms with Crippen molar-refractivity contribution in [1.29, 1.82) is 0 Å². The fourth-order valence-electron chi connectivity index (χ4n) is 3.03. The molecule has 8 nitrogen and oxygen atoms in total. The molecule has 202 valence electrons. The SMILES string of the molecule is C.CCOC(=O)Cc1ccc2ncc(Cl)cc2c1.[Ag].[N-]=[N+]=CC(=O)c1ccc2ncc(Cl)cc2c1.[O]=[Ag]. The van der Waals surface area contributed by atoms with Gasteiger partial charge in [-0.05, 0) is 55.0 Å². The van der Waals surface area contributed by atoms with Gasteiger partial charge in [-0.15, -0.1) is 0 Å². The summed E-state index contributed by atoms with van der Waals surface area (Å²) < 4.78 is 13.0. The molecule has 0 fully saturated rings. The Kier molecular flexibility index (Phi) is 16.8. The monoisotopic (exact) mass is 726 g/mol. The van der Waals surface area contributed by atoms with Crippen molar-refractivity contribution in [2.45, 2.75) is 20.8 Å². The number of carbonyl (C=O) groups excluding carboxylic acids is 2. The molecule has 2 heterocycles. The van der Waals surface area contributed by atoms with Gasteiger partial charge in [-0.3, -0.25) is 19.6 Å². The number of aromatic nitrogens is 2. The zero-order chi connectivity index (χ0) is 25.8. The summed E-state index contributed by atoms with van der Waals surface area (Å²) in [6, 6.07) is 14.2. The summed E-state index contributed by atoms with van der Waals surface area (Å²) in [6.45, 7) is 2.20. The summed E-state index contributed by atoms with van der Waals surface area (Å²) in [6.07, 6.45) is 4.27. The average molecular weight is 729 g/mol. The van der Waals surface area contributed by atoms with Crippen LogP contribution in [-0.4, -0.2) is 39.3 Å². The van der Waals surface area contributed by atoms with Crippen LogP contribution in [0.25, 0.3) is 27.3 Å². The Morgan fingerprint density at radius 1 is 0.973 bits per heavy atom. The maximum absolute atomic E-state index is 11.4. The van der Waals surface area contributed by atoms with E-state index in [-0.39, 0.29) is 48.0 Å². The molecule has 1 radical (unpaired) electrons. The first-order chi connectivity index (χ1) is 16.9. The molecule has 4 rings (SSSR count). The number of fused-ring (bicyclic) bond motifs is 2. The molecule has 0 aliphatic heterocycles. The number of hydrogen-bond acceptors (Lipinski definition) is 6. The van der Waals surface area contributed by atoms with Crippen molar-refractivity contribution in [1.82, 2.24) is 9.97 Å². The van der Waals surface area contributed by atoms with E-state index >= 15 is 0 Å². The first kappa shape index (κ1) is 34.6. The number of nitrogens with zero attached hydrogens (tertiary/aromatic N) is 4. The number of halogens is 2. The number of hydrogen-bond donors (Lipinski definition) is 0. The third kappa shape index (κ3) is 10.9. The number of ether oxygens (including phenoxy) is 1. The molecule has 0 N–H and O–H groups in total. The molecule has 12 heteroatoms. The Hall–Kier alpha value is -2.36. The van der Waals surface area contributed by atoms with Crippen LogP contribution < -0.4 is 0 Å². The molecule has 37 heavy (non-hydrogen) atoms. The molecule has 0 aliphatic carbocycles. The van der Waals surface area contributed by atoms with Gasteiger partial charge in [0.15, 0.2) is 0 Å². The number of carbonyl (C=O) groups is 2. The number of esters is 1. The normalized spacial score (nSPS) is 9.22. The van der Waals surface area contributed by atoms with Gasteiger partial charge in [0.2, 0.25) is 0 Å². The summed E-state index contributed by atoms with van der Waals surface area (Å²) in [5.74, 6) is -0.591. The number of ketones is 1. The summed E-state index contributed by atoms with van der Waals surface area (Å²) >= 11 is 13.4. The van der Waals surface area contributed by atoms with Gasteiger partial charge in [-0.1, -0.05) is 36.7 Å². The topological polar surface area (TPSA) is 123 Å². The van der Waals surface area contributed by atoms with Gasteiger partial charge in [0.1, 0.15) is 0 Å². The maximum atomic E-state index is 11.4. The van der Waals surface area contributed by atoms with Crippen LogP contribution in [0.3, 0.4) is 0 Å². The molecule has 0 atom stereocenters. The zero-order valence-corrected chi connectivity index (χ0v) is 23.0. The van der Waals surface area contributed by atoms with Gasteiger partial charge in [0, 0.05) is 51.1 Å². The van der Waals surface area contributed by atoms with Crippen molar-refractivity contribution in [2.75, 3.05) is 6.61 Å². The molecule has 0 aliphatic rings. The standard InChI is InChI=1S/C13H12ClNO2.C11H6ClN3O.CH4.2Ag.O/c1-2-17-13(16)6-9-3-4-12-10(5-9)7-11(14)8-15-12;12-9-4-8-3-7(11(16)6-15-13)1-2-10(8)14-5-9;;;;/h3-5,7-8H,2,6H2,1H3;1-6H;1H4;;;. The molecular formula is C25H22Ag2Cl2N4O4. The van der Waals surface area contributed by atoms with Crippen molar-refractivity contribution >= 4 is 63.0 Å². The fraction of sp³-hybridized carbons (Fsp3) is 0.160. The van der Waals surface area contributed by atoms with Crippen molar-refractivity contribution in [3.63, 3.8) is 0 Å². The minimum absolute atomic E-state index is 0. The summed E-state index contributed by atoms with van der Waals surface area (Å²) in [4.78, 5) is 33.7. The summed E-state index contributed by atoms with van der Waals surface area (Å²) in [7, 11) is 0. The van der Waals surface area contributed by atoms with Gasteiger partial charge in [0.05, 0.1) is 34.1 Å². The van der Waals surface area contributed by atoms with Crippen LogP contribution in [0, 0.1) is 0 Å². The first-order valence-electron chi connectivity index (χ1n) is 9.98. The fourth-order valence-corrected chi connectivity index (χ4v) is 3.36. The molecule has 4 aromatic rings. The van der Waals surface area contributed by atoms with E-state index in [1.165, 1.54) is 0 Å². The minimum atomic E-state index is -0.371.